The van der Waals surface area contributed by atoms with E-state index in [1.807, 2.05) is 0 Å². The summed E-state index contributed by atoms with van der Waals surface area (Å²) >= 11 is 0. The van der Waals surface area contributed by atoms with Gasteiger partial charge in [0.25, 0.3) is 0 Å². The molecule has 3 heterocycles. The number of hydrogen-bond acceptors (Lipinski definition) is 5. The molecule has 7 heteroatoms. The van der Waals surface area contributed by atoms with Crippen LogP contribution in [0.5, 0.6) is 0 Å². The first kappa shape index (κ1) is 21.1. The van der Waals surface area contributed by atoms with Crippen LogP contribution in [0.4, 0.5) is 4.39 Å². The fourth-order valence-electron chi connectivity index (χ4n) is 7.13. The van der Waals surface area contributed by atoms with Crippen molar-refractivity contribution in [1.82, 2.24) is 26.0 Å². The number of carbonyl (C=O) groups is 1. The van der Waals surface area contributed by atoms with Crippen LogP contribution >= 0.6 is 0 Å². The van der Waals surface area contributed by atoms with E-state index in [0.717, 1.165) is 19.4 Å². The summed E-state index contributed by atoms with van der Waals surface area (Å²) in [4.78, 5) is 15.6. The Labute approximate surface area is 180 Å². The number of halogens is 1. The standard InChI is InChI=1S/C23H40FN5O/c1-14-6-7-18(24)16-12-20(26-22(14)16)23(30)27-19-4-3-5-21-17(19)13-25-29(21)15-8-10-28(2)11-9-15/h14-22,25-26H,3-13H2,1-2H3,(H,27,30). The Morgan fingerprint density at radius 2 is 1.87 bits per heavy atom. The van der Waals surface area contributed by atoms with E-state index in [9.17, 15) is 9.18 Å². The van der Waals surface area contributed by atoms with E-state index in [4.69, 9.17) is 0 Å². The first-order valence-electron chi connectivity index (χ1n) is 12.4. The van der Waals surface area contributed by atoms with Crippen LogP contribution in [0.25, 0.3) is 0 Å². The highest BCUT2D eigenvalue weighted by atomic mass is 19.1. The van der Waals surface area contributed by atoms with Gasteiger partial charge >= 0.3 is 0 Å². The summed E-state index contributed by atoms with van der Waals surface area (Å²) in [7, 11) is 2.21. The van der Waals surface area contributed by atoms with Crippen molar-refractivity contribution in [2.45, 2.75) is 94.7 Å². The molecule has 2 aliphatic carbocycles. The van der Waals surface area contributed by atoms with E-state index in [0.29, 0.717) is 36.8 Å². The lowest BCUT2D eigenvalue weighted by Crippen LogP contribution is -2.55. The zero-order valence-electron chi connectivity index (χ0n) is 18.7. The Balaban J connectivity index is 1.19. The SMILES string of the molecule is CC1CCC(F)C2CC(C(=O)NC3CCCC4C3CNN4C3CCN(C)CC3)NC12. The summed E-state index contributed by atoms with van der Waals surface area (Å²) in [6.07, 6.45) is 7.39. The predicted molar refractivity (Wildman–Crippen MR) is 116 cm³/mol. The molecule has 5 rings (SSSR count). The molecule has 8 atom stereocenters. The molecule has 0 spiro atoms. The third kappa shape index (κ3) is 3.91. The summed E-state index contributed by atoms with van der Waals surface area (Å²) in [6, 6.07) is 1.33. The normalized spacial score (nSPS) is 45.8. The molecule has 3 N–H and O–H groups in total. The van der Waals surface area contributed by atoms with Gasteiger partial charge in [-0.3, -0.25) is 10.2 Å². The van der Waals surface area contributed by atoms with Crippen molar-refractivity contribution in [3.63, 3.8) is 0 Å². The Bertz CT molecular complexity index is 609. The van der Waals surface area contributed by atoms with E-state index in [1.54, 1.807) is 0 Å². The Morgan fingerprint density at radius 3 is 2.63 bits per heavy atom. The highest BCUT2D eigenvalue weighted by molar-refractivity contribution is 5.82. The monoisotopic (exact) mass is 421 g/mol. The molecule has 5 fully saturated rings. The second kappa shape index (κ2) is 8.64. The predicted octanol–water partition coefficient (Wildman–Crippen LogP) is 1.67. The maximum Gasteiger partial charge on any atom is 0.237 e. The number of hydrogen-bond donors (Lipinski definition) is 3. The topological polar surface area (TPSA) is 59.6 Å². The zero-order chi connectivity index (χ0) is 20.8. The number of alkyl halides is 1. The van der Waals surface area contributed by atoms with Crippen molar-refractivity contribution in [2.75, 3.05) is 26.7 Å². The molecule has 3 aliphatic heterocycles. The van der Waals surface area contributed by atoms with Crippen molar-refractivity contribution >= 4 is 5.91 Å². The molecule has 1 amide bonds. The van der Waals surface area contributed by atoms with Gasteiger partial charge in [-0.05, 0) is 77.4 Å². The number of rotatable bonds is 3. The van der Waals surface area contributed by atoms with Gasteiger partial charge in [-0.15, -0.1) is 0 Å². The number of piperidine rings is 1. The van der Waals surface area contributed by atoms with Crippen LogP contribution in [0, 0.1) is 17.8 Å². The molecule has 170 valence electrons. The Kier molecular flexibility index (Phi) is 6.08. The number of nitrogens with zero attached hydrogens (tertiary/aromatic N) is 2. The average molecular weight is 422 g/mol. The molecule has 8 unspecified atom stereocenters. The van der Waals surface area contributed by atoms with E-state index < -0.39 is 6.17 Å². The number of hydrazine groups is 1. The molecule has 0 aromatic carbocycles. The Morgan fingerprint density at radius 1 is 1.07 bits per heavy atom. The molecule has 0 aromatic heterocycles. The van der Waals surface area contributed by atoms with Gasteiger partial charge in [0.15, 0.2) is 0 Å². The van der Waals surface area contributed by atoms with Crippen molar-refractivity contribution < 1.29 is 9.18 Å². The quantitative estimate of drug-likeness (QED) is 0.647. The summed E-state index contributed by atoms with van der Waals surface area (Å²) in [6.45, 7) is 5.51. The van der Waals surface area contributed by atoms with E-state index >= 15 is 0 Å². The van der Waals surface area contributed by atoms with Gasteiger partial charge in [0.1, 0.15) is 6.17 Å². The lowest BCUT2D eigenvalue weighted by Gasteiger charge is -2.42. The number of carbonyl (C=O) groups excluding carboxylic acids is 1. The molecular weight excluding hydrogens is 381 g/mol. The largest absolute Gasteiger partial charge is 0.352 e. The minimum absolute atomic E-state index is 0.0108. The van der Waals surface area contributed by atoms with Crippen molar-refractivity contribution in [3.8, 4) is 0 Å². The molecule has 0 aromatic rings. The van der Waals surface area contributed by atoms with Crippen LogP contribution in [0.1, 0.15) is 58.3 Å². The highest BCUT2D eigenvalue weighted by Crippen LogP contribution is 2.39. The molecule has 0 bridgehead atoms. The lowest BCUT2D eigenvalue weighted by molar-refractivity contribution is -0.124. The van der Waals surface area contributed by atoms with Gasteiger partial charge in [-0.2, -0.15) is 0 Å². The molecule has 0 radical (unpaired) electrons. The van der Waals surface area contributed by atoms with Crippen LogP contribution in [-0.2, 0) is 4.79 Å². The van der Waals surface area contributed by atoms with E-state index in [-0.39, 0.29) is 30.0 Å². The van der Waals surface area contributed by atoms with Crippen molar-refractivity contribution in [1.29, 1.82) is 0 Å². The molecular formula is C23H40FN5O. The summed E-state index contributed by atoms with van der Waals surface area (Å²) in [5.41, 5.74) is 3.71. The second-order valence-electron chi connectivity index (χ2n) is 10.8. The average Bonchev–Trinajstić information content (AvgIpc) is 3.38. The summed E-state index contributed by atoms with van der Waals surface area (Å²) in [5.74, 6) is 1.06. The number of likely N-dealkylation sites (tertiary alicyclic amines) is 1. The third-order valence-electron chi connectivity index (χ3n) is 8.96. The van der Waals surface area contributed by atoms with Gasteiger partial charge in [0.2, 0.25) is 5.91 Å². The van der Waals surface area contributed by atoms with Crippen LogP contribution in [0.3, 0.4) is 0 Å². The van der Waals surface area contributed by atoms with E-state index in [2.05, 4.69) is 39.9 Å². The van der Waals surface area contributed by atoms with Gasteiger partial charge in [0.05, 0.1) is 6.04 Å². The van der Waals surface area contributed by atoms with Crippen LogP contribution < -0.4 is 16.1 Å². The third-order valence-corrected chi connectivity index (χ3v) is 8.96. The van der Waals surface area contributed by atoms with Gasteiger partial charge in [-0.1, -0.05) is 6.92 Å². The van der Waals surface area contributed by atoms with E-state index in [1.165, 1.54) is 38.8 Å². The fourth-order valence-corrected chi connectivity index (χ4v) is 7.13. The van der Waals surface area contributed by atoms with Gasteiger partial charge in [0, 0.05) is 42.5 Å². The maximum atomic E-state index is 14.4. The summed E-state index contributed by atoms with van der Waals surface area (Å²) < 4.78 is 14.4. The fraction of sp³-hybridized carbons (Fsp3) is 0.957. The molecule has 2 saturated carbocycles. The Hall–Kier alpha value is -0.760. The molecule has 3 saturated heterocycles. The second-order valence-corrected chi connectivity index (χ2v) is 10.8. The molecule has 5 aliphatic rings. The summed E-state index contributed by atoms with van der Waals surface area (Å²) in [5, 5.41) is 9.46. The lowest BCUT2D eigenvalue weighted by atomic mass is 9.77. The smallest absolute Gasteiger partial charge is 0.237 e. The van der Waals surface area contributed by atoms with Gasteiger partial charge in [-0.25, -0.2) is 9.40 Å². The number of fused-ring (bicyclic) bond motifs is 2. The first-order chi connectivity index (χ1) is 14.5. The highest BCUT2D eigenvalue weighted by Gasteiger charge is 2.48. The van der Waals surface area contributed by atoms with Gasteiger partial charge < -0.3 is 15.5 Å². The van der Waals surface area contributed by atoms with Crippen molar-refractivity contribution in [3.05, 3.63) is 0 Å². The van der Waals surface area contributed by atoms with Crippen LogP contribution in [0.2, 0.25) is 0 Å². The molecule has 30 heavy (non-hydrogen) atoms. The minimum Gasteiger partial charge on any atom is -0.352 e. The minimum atomic E-state index is -0.752. The number of amides is 1. The van der Waals surface area contributed by atoms with Crippen molar-refractivity contribution in [2.24, 2.45) is 17.8 Å². The van der Waals surface area contributed by atoms with Crippen LogP contribution in [0.15, 0.2) is 0 Å². The number of nitrogens with one attached hydrogen (secondary N) is 3. The first-order valence-corrected chi connectivity index (χ1v) is 12.4. The maximum absolute atomic E-state index is 14.4. The molecule has 6 nitrogen and oxygen atoms in total. The zero-order valence-corrected chi connectivity index (χ0v) is 18.7. The van der Waals surface area contributed by atoms with Crippen LogP contribution in [-0.4, -0.2) is 78.9 Å².